The lowest BCUT2D eigenvalue weighted by Gasteiger charge is -2.16. The number of allylic oxidation sites excluding steroid dienone is 1. The zero-order valence-electron chi connectivity index (χ0n) is 11.3. The molecule has 0 heterocycles. The standard InChI is InChI=1S/C15H21NO/c1-10(2)8-15(17)16-13(5)14-9-11(3)6-7-12(14)4/h6-9,13H,1-5H3,(H,16,17). The van der Waals surface area contributed by atoms with Crippen molar-refractivity contribution in [3.63, 3.8) is 0 Å². The van der Waals surface area contributed by atoms with Gasteiger partial charge in [0.15, 0.2) is 0 Å². The molecule has 1 aromatic carbocycles. The number of amides is 1. The van der Waals surface area contributed by atoms with E-state index in [0.29, 0.717) is 0 Å². The van der Waals surface area contributed by atoms with Crippen LogP contribution < -0.4 is 5.32 Å². The molecular weight excluding hydrogens is 210 g/mol. The van der Waals surface area contributed by atoms with Crippen molar-refractivity contribution in [2.75, 3.05) is 0 Å². The Hall–Kier alpha value is -1.57. The van der Waals surface area contributed by atoms with E-state index >= 15 is 0 Å². The number of benzene rings is 1. The number of hydrogen-bond donors (Lipinski definition) is 1. The minimum Gasteiger partial charge on any atom is -0.346 e. The van der Waals surface area contributed by atoms with Crippen LogP contribution in [0.2, 0.25) is 0 Å². The number of carbonyl (C=O) groups is 1. The van der Waals surface area contributed by atoms with Crippen LogP contribution in [0.15, 0.2) is 29.8 Å². The van der Waals surface area contributed by atoms with E-state index in [1.165, 1.54) is 16.7 Å². The highest BCUT2D eigenvalue weighted by atomic mass is 16.1. The van der Waals surface area contributed by atoms with Crippen LogP contribution in [0, 0.1) is 13.8 Å². The van der Waals surface area contributed by atoms with Crippen LogP contribution >= 0.6 is 0 Å². The molecule has 1 aromatic rings. The molecule has 2 heteroatoms. The highest BCUT2D eigenvalue weighted by Crippen LogP contribution is 2.18. The van der Waals surface area contributed by atoms with Crippen molar-refractivity contribution in [1.29, 1.82) is 0 Å². The minimum atomic E-state index is -0.0293. The summed E-state index contributed by atoms with van der Waals surface area (Å²) in [6.45, 7) is 9.98. The first-order valence-electron chi connectivity index (χ1n) is 5.92. The number of hydrogen-bond acceptors (Lipinski definition) is 1. The smallest absolute Gasteiger partial charge is 0.244 e. The highest BCUT2D eigenvalue weighted by molar-refractivity contribution is 5.88. The van der Waals surface area contributed by atoms with Gasteiger partial charge in [0, 0.05) is 6.08 Å². The molecule has 0 spiro atoms. The molecule has 0 aliphatic heterocycles. The summed E-state index contributed by atoms with van der Waals surface area (Å²) in [5, 5.41) is 2.98. The van der Waals surface area contributed by atoms with Gasteiger partial charge in [-0.3, -0.25) is 4.79 Å². The number of rotatable bonds is 3. The SMILES string of the molecule is CC(C)=CC(=O)NC(C)c1cc(C)ccc1C. The Bertz CT molecular complexity index is 442. The van der Waals surface area contributed by atoms with Crippen molar-refractivity contribution in [2.24, 2.45) is 0 Å². The van der Waals surface area contributed by atoms with Gasteiger partial charge in [0.2, 0.25) is 5.91 Å². The van der Waals surface area contributed by atoms with Crippen molar-refractivity contribution >= 4 is 5.91 Å². The van der Waals surface area contributed by atoms with E-state index in [-0.39, 0.29) is 11.9 Å². The van der Waals surface area contributed by atoms with Gasteiger partial charge in [-0.15, -0.1) is 0 Å². The molecule has 2 nitrogen and oxygen atoms in total. The highest BCUT2D eigenvalue weighted by Gasteiger charge is 2.10. The Balaban J connectivity index is 2.83. The summed E-state index contributed by atoms with van der Waals surface area (Å²) in [5.41, 5.74) is 4.62. The van der Waals surface area contributed by atoms with Crippen molar-refractivity contribution < 1.29 is 4.79 Å². The number of nitrogens with one attached hydrogen (secondary N) is 1. The molecule has 0 saturated heterocycles. The fourth-order valence-corrected chi connectivity index (χ4v) is 1.82. The summed E-state index contributed by atoms with van der Waals surface area (Å²) in [6.07, 6.45) is 1.63. The third-order valence-corrected chi connectivity index (χ3v) is 2.68. The number of aryl methyl sites for hydroxylation is 2. The normalized spacial score (nSPS) is 11.8. The van der Waals surface area contributed by atoms with Gasteiger partial charge in [0.1, 0.15) is 0 Å². The zero-order valence-corrected chi connectivity index (χ0v) is 11.3. The van der Waals surface area contributed by atoms with Gasteiger partial charge in [-0.25, -0.2) is 0 Å². The van der Waals surface area contributed by atoms with Crippen LogP contribution in [0.4, 0.5) is 0 Å². The topological polar surface area (TPSA) is 29.1 Å². The maximum absolute atomic E-state index is 11.6. The third kappa shape index (κ3) is 4.06. The van der Waals surface area contributed by atoms with Crippen LogP contribution in [0.5, 0.6) is 0 Å². The Kier molecular flexibility index (Phi) is 4.50. The monoisotopic (exact) mass is 231 g/mol. The molecule has 1 N–H and O–H groups in total. The van der Waals surface area contributed by atoms with E-state index in [1.54, 1.807) is 6.08 Å². The maximum Gasteiger partial charge on any atom is 0.244 e. The molecule has 0 bridgehead atoms. The first-order valence-corrected chi connectivity index (χ1v) is 5.92. The molecule has 0 saturated carbocycles. The van der Waals surface area contributed by atoms with Crippen LogP contribution in [0.25, 0.3) is 0 Å². The Labute approximate surface area is 104 Å². The van der Waals surface area contributed by atoms with Crippen molar-refractivity contribution in [1.82, 2.24) is 5.32 Å². The quantitative estimate of drug-likeness (QED) is 0.793. The molecule has 1 atom stereocenters. The van der Waals surface area contributed by atoms with E-state index in [2.05, 4.69) is 37.4 Å². The Morgan fingerprint density at radius 3 is 2.53 bits per heavy atom. The maximum atomic E-state index is 11.6. The molecule has 1 rings (SSSR count). The second kappa shape index (κ2) is 5.67. The molecule has 17 heavy (non-hydrogen) atoms. The molecule has 0 aromatic heterocycles. The summed E-state index contributed by atoms with van der Waals surface area (Å²) in [6, 6.07) is 6.35. The molecule has 0 aliphatic rings. The Morgan fingerprint density at radius 2 is 1.94 bits per heavy atom. The minimum absolute atomic E-state index is 0.0293. The average molecular weight is 231 g/mol. The first kappa shape index (κ1) is 13.5. The molecule has 1 unspecified atom stereocenters. The van der Waals surface area contributed by atoms with E-state index in [9.17, 15) is 4.79 Å². The predicted molar refractivity (Wildman–Crippen MR) is 71.9 cm³/mol. The van der Waals surface area contributed by atoms with Gasteiger partial charge in [-0.2, -0.15) is 0 Å². The summed E-state index contributed by atoms with van der Waals surface area (Å²) in [5.74, 6) is -0.0293. The molecule has 0 aliphatic carbocycles. The molecule has 0 radical (unpaired) electrons. The largest absolute Gasteiger partial charge is 0.346 e. The summed E-state index contributed by atoms with van der Waals surface area (Å²) in [7, 11) is 0. The van der Waals surface area contributed by atoms with Crippen LogP contribution in [-0.4, -0.2) is 5.91 Å². The Morgan fingerprint density at radius 1 is 1.29 bits per heavy atom. The lowest BCUT2D eigenvalue weighted by Crippen LogP contribution is -2.25. The molecule has 0 fully saturated rings. The van der Waals surface area contributed by atoms with Crippen molar-refractivity contribution in [2.45, 2.75) is 40.7 Å². The molecule has 1 amide bonds. The van der Waals surface area contributed by atoms with Gasteiger partial charge < -0.3 is 5.32 Å². The number of carbonyl (C=O) groups excluding carboxylic acids is 1. The fourth-order valence-electron chi connectivity index (χ4n) is 1.82. The van der Waals surface area contributed by atoms with Crippen LogP contribution in [0.1, 0.15) is 43.5 Å². The fraction of sp³-hybridized carbons (Fsp3) is 0.400. The molecular formula is C15H21NO. The average Bonchev–Trinajstić information content (AvgIpc) is 2.20. The van der Waals surface area contributed by atoms with Gasteiger partial charge in [-0.1, -0.05) is 29.3 Å². The zero-order chi connectivity index (χ0) is 13.0. The summed E-state index contributed by atoms with van der Waals surface area (Å²) in [4.78, 5) is 11.6. The van der Waals surface area contributed by atoms with Crippen LogP contribution in [0.3, 0.4) is 0 Å². The van der Waals surface area contributed by atoms with Gasteiger partial charge in [0.05, 0.1) is 6.04 Å². The van der Waals surface area contributed by atoms with E-state index in [0.717, 1.165) is 5.57 Å². The second-order valence-electron chi connectivity index (χ2n) is 4.81. The van der Waals surface area contributed by atoms with Gasteiger partial charge >= 0.3 is 0 Å². The molecule has 92 valence electrons. The summed E-state index contributed by atoms with van der Waals surface area (Å²) < 4.78 is 0. The third-order valence-electron chi connectivity index (χ3n) is 2.68. The van der Waals surface area contributed by atoms with Gasteiger partial charge in [0.25, 0.3) is 0 Å². The van der Waals surface area contributed by atoms with Crippen molar-refractivity contribution in [3.05, 3.63) is 46.5 Å². The van der Waals surface area contributed by atoms with E-state index in [4.69, 9.17) is 0 Å². The lowest BCUT2D eigenvalue weighted by atomic mass is 10.00. The van der Waals surface area contributed by atoms with Gasteiger partial charge in [-0.05, 0) is 45.7 Å². The van der Waals surface area contributed by atoms with Crippen molar-refractivity contribution in [3.8, 4) is 0 Å². The van der Waals surface area contributed by atoms with E-state index < -0.39 is 0 Å². The predicted octanol–water partition coefficient (Wildman–Crippen LogP) is 3.45. The lowest BCUT2D eigenvalue weighted by molar-refractivity contribution is -0.117. The van der Waals surface area contributed by atoms with Crippen LogP contribution in [-0.2, 0) is 4.79 Å². The summed E-state index contributed by atoms with van der Waals surface area (Å²) >= 11 is 0. The van der Waals surface area contributed by atoms with E-state index in [1.807, 2.05) is 20.8 Å². The second-order valence-corrected chi connectivity index (χ2v) is 4.81. The first-order chi connectivity index (χ1) is 7.90.